The summed E-state index contributed by atoms with van der Waals surface area (Å²) in [4.78, 5) is 40.7. The lowest BCUT2D eigenvalue weighted by atomic mass is 9.73. The van der Waals surface area contributed by atoms with Crippen molar-refractivity contribution in [2.45, 2.75) is 63.6 Å². The molecule has 1 aliphatic heterocycles. The highest BCUT2D eigenvalue weighted by Gasteiger charge is 2.53. The zero-order chi connectivity index (χ0) is 20.3. The second-order valence-corrected chi connectivity index (χ2v) is 8.55. The van der Waals surface area contributed by atoms with E-state index >= 15 is 0 Å². The van der Waals surface area contributed by atoms with Gasteiger partial charge < -0.3 is 20.1 Å². The Hall–Kier alpha value is -1.93. The van der Waals surface area contributed by atoms with Crippen molar-refractivity contribution in [3.8, 4) is 0 Å². The fourth-order valence-electron chi connectivity index (χ4n) is 4.19. The van der Waals surface area contributed by atoms with E-state index in [1.54, 1.807) is 11.3 Å². The monoisotopic (exact) mass is 408 g/mol. The first-order chi connectivity index (χ1) is 13.4. The van der Waals surface area contributed by atoms with E-state index in [0.717, 1.165) is 23.3 Å². The lowest BCUT2D eigenvalue weighted by Crippen LogP contribution is -2.62. The number of hydrogen-bond donors (Lipinski definition) is 1. The molecule has 1 fully saturated rings. The number of ether oxygens (including phenoxy) is 2. The quantitative estimate of drug-likeness (QED) is 0.423. The summed E-state index contributed by atoms with van der Waals surface area (Å²) >= 11 is 1.60. The van der Waals surface area contributed by atoms with Crippen molar-refractivity contribution >= 4 is 29.2 Å². The number of esters is 2. The number of hydrogen-bond acceptors (Lipinski definition) is 7. The van der Waals surface area contributed by atoms with Crippen LogP contribution in [0.15, 0.2) is 11.4 Å². The van der Waals surface area contributed by atoms with Crippen molar-refractivity contribution in [3.05, 3.63) is 21.9 Å². The molecule has 0 spiro atoms. The Morgan fingerprint density at radius 1 is 1.29 bits per heavy atom. The predicted molar refractivity (Wildman–Crippen MR) is 105 cm³/mol. The van der Waals surface area contributed by atoms with Crippen LogP contribution in [0.4, 0.5) is 0 Å². The highest BCUT2D eigenvalue weighted by molar-refractivity contribution is 7.10. The third-order valence-electron chi connectivity index (χ3n) is 5.92. The first-order valence-electron chi connectivity index (χ1n) is 9.85. The Balaban J connectivity index is 1.65. The SMILES string of the molecule is CCCCOC(=O)C(N)(C(=O)OC)[C@H]1CC[C@H](N2Cc3sccc3C2=O)CC1. The molecule has 1 aromatic rings. The molecule has 1 atom stereocenters. The Kier molecular flexibility index (Phi) is 6.40. The highest BCUT2D eigenvalue weighted by atomic mass is 32.1. The Morgan fingerprint density at radius 3 is 2.61 bits per heavy atom. The molecule has 0 radical (unpaired) electrons. The van der Waals surface area contributed by atoms with E-state index in [1.807, 2.05) is 23.3 Å². The molecule has 1 aromatic heterocycles. The van der Waals surface area contributed by atoms with Crippen molar-refractivity contribution in [3.63, 3.8) is 0 Å². The highest BCUT2D eigenvalue weighted by Crippen LogP contribution is 2.38. The Bertz CT molecular complexity index is 741. The van der Waals surface area contributed by atoms with Gasteiger partial charge in [-0.3, -0.25) is 4.79 Å². The second-order valence-electron chi connectivity index (χ2n) is 7.55. The maximum Gasteiger partial charge on any atom is 0.338 e. The summed E-state index contributed by atoms with van der Waals surface area (Å²) in [6.07, 6.45) is 4.13. The van der Waals surface area contributed by atoms with Gasteiger partial charge in [-0.25, -0.2) is 9.59 Å². The van der Waals surface area contributed by atoms with E-state index in [9.17, 15) is 14.4 Å². The summed E-state index contributed by atoms with van der Waals surface area (Å²) < 4.78 is 10.1. The van der Waals surface area contributed by atoms with Crippen LogP contribution in [0.3, 0.4) is 0 Å². The molecule has 1 aliphatic carbocycles. The van der Waals surface area contributed by atoms with Crippen molar-refractivity contribution in [1.82, 2.24) is 4.90 Å². The molecule has 1 unspecified atom stereocenters. The van der Waals surface area contributed by atoms with Gasteiger partial charge in [0.25, 0.3) is 5.91 Å². The van der Waals surface area contributed by atoms with E-state index < -0.39 is 17.5 Å². The molecule has 7 nitrogen and oxygen atoms in total. The van der Waals surface area contributed by atoms with Crippen molar-refractivity contribution in [2.75, 3.05) is 13.7 Å². The summed E-state index contributed by atoms with van der Waals surface area (Å²) in [5.41, 5.74) is 5.31. The largest absolute Gasteiger partial charge is 0.467 e. The van der Waals surface area contributed by atoms with E-state index in [4.69, 9.17) is 15.2 Å². The number of nitrogens with two attached hydrogens (primary N) is 1. The predicted octanol–water partition coefficient (Wildman–Crippen LogP) is 2.48. The summed E-state index contributed by atoms with van der Waals surface area (Å²) in [5.74, 6) is -1.75. The Labute approximate surface area is 169 Å². The fraction of sp³-hybridized carbons (Fsp3) is 0.650. The van der Waals surface area contributed by atoms with Crippen LogP contribution in [-0.4, -0.2) is 48.0 Å². The molecule has 8 heteroatoms. The maximum atomic E-state index is 12.6. The van der Waals surface area contributed by atoms with Crippen LogP contribution < -0.4 is 5.73 Å². The minimum Gasteiger partial charge on any atom is -0.467 e. The molecule has 2 N–H and O–H groups in total. The second kappa shape index (κ2) is 8.61. The number of unbranched alkanes of at least 4 members (excludes halogenated alkanes) is 1. The maximum absolute atomic E-state index is 12.6. The van der Waals surface area contributed by atoms with Gasteiger partial charge in [0.1, 0.15) is 0 Å². The van der Waals surface area contributed by atoms with Crippen molar-refractivity contribution in [1.29, 1.82) is 0 Å². The average molecular weight is 409 g/mol. The zero-order valence-electron chi connectivity index (χ0n) is 16.4. The standard InChI is InChI=1S/C20H28N2O5S/c1-3-4-10-27-19(25)20(21,18(24)26-2)13-5-7-14(8-6-13)22-12-16-15(17(22)23)9-11-28-16/h9,11,13-14H,3-8,10,12,21H2,1-2H3/t13-,14-,20?. The lowest BCUT2D eigenvalue weighted by molar-refractivity contribution is -0.167. The van der Waals surface area contributed by atoms with Gasteiger partial charge in [0.15, 0.2) is 0 Å². The summed E-state index contributed by atoms with van der Waals surface area (Å²) in [6.45, 7) is 2.88. The minimum atomic E-state index is -1.79. The van der Waals surface area contributed by atoms with Crippen LogP contribution in [0.1, 0.15) is 60.7 Å². The van der Waals surface area contributed by atoms with Crippen LogP contribution >= 0.6 is 11.3 Å². The first-order valence-corrected chi connectivity index (χ1v) is 10.7. The molecule has 3 rings (SSSR count). The van der Waals surface area contributed by atoms with E-state index in [0.29, 0.717) is 32.2 Å². The zero-order valence-corrected chi connectivity index (χ0v) is 17.3. The number of methoxy groups -OCH3 is 1. The summed E-state index contributed by atoms with van der Waals surface area (Å²) in [7, 11) is 1.23. The minimum absolute atomic E-state index is 0.0747. The number of nitrogens with zero attached hydrogens (tertiary/aromatic N) is 1. The van der Waals surface area contributed by atoms with Crippen LogP contribution in [0, 0.1) is 5.92 Å². The Morgan fingerprint density at radius 2 is 2.00 bits per heavy atom. The number of carbonyl (C=O) groups excluding carboxylic acids is 3. The van der Waals surface area contributed by atoms with E-state index in [2.05, 4.69) is 0 Å². The van der Waals surface area contributed by atoms with Gasteiger partial charge in [0, 0.05) is 10.9 Å². The molecule has 2 heterocycles. The first kappa shape index (κ1) is 20.8. The van der Waals surface area contributed by atoms with E-state index in [-0.39, 0.29) is 24.5 Å². The van der Waals surface area contributed by atoms with Gasteiger partial charge in [-0.05, 0) is 49.5 Å². The summed E-state index contributed by atoms with van der Waals surface area (Å²) in [5, 5.41) is 1.94. The van der Waals surface area contributed by atoms with Gasteiger partial charge in [-0.1, -0.05) is 13.3 Å². The molecule has 1 saturated carbocycles. The molecule has 0 bridgehead atoms. The van der Waals surface area contributed by atoms with Crippen LogP contribution in [-0.2, 0) is 25.6 Å². The van der Waals surface area contributed by atoms with Gasteiger partial charge in [-0.2, -0.15) is 0 Å². The van der Waals surface area contributed by atoms with Gasteiger partial charge in [0.05, 0.1) is 25.8 Å². The third kappa shape index (κ3) is 3.67. The summed E-state index contributed by atoms with van der Waals surface area (Å²) in [6, 6.07) is 1.98. The smallest absolute Gasteiger partial charge is 0.338 e. The molecular weight excluding hydrogens is 380 g/mol. The van der Waals surface area contributed by atoms with Gasteiger partial charge >= 0.3 is 11.9 Å². The number of rotatable bonds is 7. The average Bonchev–Trinajstić information content (AvgIpc) is 3.30. The molecule has 0 saturated heterocycles. The number of fused-ring (bicyclic) bond motifs is 1. The van der Waals surface area contributed by atoms with E-state index in [1.165, 1.54) is 7.11 Å². The lowest BCUT2D eigenvalue weighted by Gasteiger charge is -2.39. The molecule has 0 aromatic carbocycles. The fourth-order valence-corrected chi connectivity index (χ4v) is 5.05. The molecule has 2 aliphatic rings. The normalized spacial score (nSPS) is 23.8. The third-order valence-corrected chi connectivity index (χ3v) is 6.83. The number of carbonyl (C=O) groups is 3. The van der Waals surface area contributed by atoms with Crippen molar-refractivity contribution in [2.24, 2.45) is 11.7 Å². The van der Waals surface area contributed by atoms with Crippen LogP contribution in [0.5, 0.6) is 0 Å². The molecule has 28 heavy (non-hydrogen) atoms. The topological polar surface area (TPSA) is 98.9 Å². The molecule has 1 amide bonds. The number of amides is 1. The van der Waals surface area contributed by atoms with Crippen LogP contribution in [0.2, 0.25) is 0 Å². The molecular formula is C20H28N2O5S. The van der Waals surface area contributed by atoms with Crippen molar-refractivity contribution < 1.29 is 23.9 Å². The van der Waals surface area contributed by atoms with Gasteiger partial charge in [-0.15, -0.1) is 11.3 Å². The molecule has 154 valence electrons. The van der Waals surface area contributed by atoms with Gasteiger partial charge in [0.2, 0.25) is 5.54 Å². The van der Waals surface area contributed by atoms with Crippen LogP contribution in [0.25, 0.3) is 0 Å². The number of thiophene rings is 1.